The standard InChI is InChI=1S/C13H11N3O/c1-2-9-7-15-4-3-12(9)11-5-10(6-14)13(17)16-8-11/h3-5,7-8H,2H2,1H3,(H,16,17). The number of hydrogen-bond donors (Lipinski definition) is 1. The molecule has 0 spiro atoms. The Morgan fingerprint density at radius 3 is 3.06 bits per heavy atom. The van der Waals surface area contributed by atoms with Crippen LogP contribution in [0, 0.1) is 11.3 Å². The molecule has 0 aliphatic carbocycles. The third-order valence-corrected chi connectivity index (χ3v) is 2.62. The van der Waals surface area contributed by atoms with Gasteiger partial charge in [-0.1, -0.05) is 6.92 Å². The van der Waals surface area contributed by atoms with Crippen molar-refractivity contribution in [3.05, 3.63) is 52.2 Å². The highest BCUT2D eigenvalue weighted by Gasteiger charge is 2.06. The fraction of sp³-hybridized carbons (Fsp3) is 0.154. The molecule has 0 aliphatic heterocycles. The first-order chi connectivity index (χ1) is 8.26. The van der Waals surface area contributed by atoms with Gasteiger partial charge < -0.3 is 4.98 Å². The monoisotopic (exact) mass is 225 g/mol. The molecule has 0 atom stereocenters. The molecule has 4 nitrogen and oxygen atoms in total. The summed E-state index contributed by atoms with van der Waals surface area (Å²) in [5, 5.41) is 8.83. The second-order valence-corrected chi connectivity index (χ2v) is 3.63. The van der Waals surface area contributed by atoms with E-state index in [0.717, 1.165) is 23.1 Å². The minimum Gasteiger partial charge on any atom is -0.327 e. The topological polar surface area (TPSA) is 69.5 Å². The molecule has 2 aromatic rings. The maximum absolute atomic E-state index is 11.3. The molecule has 2 heterocycles. The van der Waals surface area contributed by atoms with E-state index >= 15 is 0 Å². The van der Waals surface area contributed by atoms with Gasteiger partial charge in [-0.05, 0) is 35.2 Å². The van der Waals surface area contributed by atoms with Crippen molar-refractivity contribution in [3.8, 4) is 17.2 Å². The van der Waals surface area contributed by atoms with Crippen LogP contribution in [0.2, 0.25) is 0 Å². The predicted molar refractivity (Wildman–Crippen MR) is 64.4 cm³/mol. The van der Waals surface area contributed by atoms with Crippen LogP contribution in [0.4, 0.5) is 0 Å². The Hall–Kier alpha value is -2.41. The minimum absolute atomic E-state index is 0.126. The van der Waals surface area contributed by atoms with Crippen LogP contribution in [-0.4, -0.2) is 9.97 Å². The van der Waals surface area contributed by atoms with Crippen molar-refractivity contribution < 1.29 is 0 Å². The van der Waals surface area contributed by atoms with Crippen molar-refractivity contribution in [2.75, 3.05) is 0 Å². The number of aromatic nitrogens is 2. The summed E-state index contributed by atoms with van der Waals surface area (Å²) in [5.41, 5.74) is 2.68. The molecule has 0 saturated carbocycles. The lowest BCUT2D eigenvalue weighted by Crippen LogP contribution is -2.09. The molecular formula is C13H11N3O. The molecule has 0 amide bonds. The number of nitriles is 1. The van der Waals surface area contributed by atoms with Gasteiger partial charge in [0.15, 0.2) is 0 Å². The molecule has 84 valence electrons. The largest absolute Gasteiger partial charge is 0.327 e. The Kier molecular flexibility index (Phi) is 3.01. The van der Waals surface area contributed by atoms with Gasteiger partial charge in [0.25, 0.3) is 5.56 Å². The maximum Gasteiger partial charge on any atom is 0.265 e. The normalized spacial score (nSPS) is 9.88. The van der Waals surface area contributed by atoms with Gasteiger partial charge in [0.05, 0.1) is 0 Å². The van der Waals surface area contributed by atoms with Crippen LogP contribution >= 0.6 is 0 Å². The van der Waals surface area contributed by atoms with Crippen LogP contribution in [0.3, 0.4) is 0 Å². The first-order valence-electron chi connectivity index (χ1n) is 5.32. The molecule has 2 rings (SSSR count). The van der Waals surface area contributed by atoms with Crippen molar-refractivity contribution in [3.63, 3.8) is 0 Å². The van der Waals surface area contributed by atoms with Gasteiger partial charge in [-0.25, -0.2) is 0 Å². The molecule has 0 saturated heterocycles. The van der Waals surface area contributed by atoms with Gasteiger partial charge in [-0.3, -0.25) is 9.78 Å². The summed E-state index contributed by atoms with van der Waals surface area (Å²) < 4.78 is 0. The summed E-state index contributed by atoms with van der Waals surface area (Å²) in [5.74, 6) is 0. The van der Waals surface area contributed by atoms with Crippen LogP contribution in [0.25, 0.3) is 11.1 Å². The van der Waals surface area contributed by atoms with E-state index in [1.807, 2.05) is 19.1 Å². The zero-order chi connectivity index (χ0) is 12.3. The molecule has 0 aliphatic rings. The first kappa shape index (κ1) is 11.1. The van der Waals surface area contributed by atoms with Gasteiger partial charge >= 0.3 is 0 Å². The number of H-pyrrole nitrogens is 1. The van der Waals surface area contributed by atoms with Crippen LogP contribution in [-0.2, 0) is 6.42 Å². The van der Waals surface area contributed by atoms with E-state index in [0.29, 0.717) is 0 Å². The molecule has 2 aromatic heterocycles. The maximum atomic E-state index is 11.3. The highest BCUT2D eigenvalue weighted by atomic mass is 16.1. The van der Waals surface area contributed by atoms with E-state index in [2.05, 4.69) is 9.97 Å². The third kappa shape index (κ3) is 2.08. The lowest BCUT2D eigenvalue weighted by Gasteiger charge is -2.06. The fourth-order valence-corrected chi connectivity index (χ4v) is 1.71. The number of aromatic amines is 1. The second-order valence-electron chi connectivity index (χ2n) is 3.63. The third-order valence-electron chi connectivity index (χ3n) is 2.62. The van der Waals surface area contributed by atoms with E-state index in [1.54, 1.807) is 24.7 Å². The Morgan fingerprint density at radius 2 is 2.35 bits per heavy atom. The van der Waals surface area contributed by atoms with Crippen molar-refractivity contribution in [2.45, 2.75) is 13.3 Å². The second kappa shape index (κ2) is 4.62. The summed E-state index contributed by atoms with van der Waals surface area (Å²) in [6.45, 7) is 2.04. The summed E-state index contributed by atoms with van der Waals surface area (Å²) in [6, 6.07) is 5.37. The van der Waals surface area contributed by atoms with Crippen molar-refractivity contribution in [2.24, 2.45) is 0 Å². The SMILES string of the molecule is CCc1cnccc1-c1c[nH]c(=O)c(C#N)c1. The highest BCUT2D eigenvalue weighted by Crippen LogP contribution is 2.22. The molecular weight excluding hydrogens is 214 g/mol. The van der Waals surface area contributed by atoms with E-state index in [-0.39, 0.29) is 11.1 Å². The number of aryl methyl sites for hydroxylation is 1. The Labute approximate surface area is 98.6 Å². The lowest BCUT2D eigenvalue weighted by molar-refractivity contribution is 1.10. The summed E-state index contributed by atoms with van der Waals surface area (Å²) >= 11 is 0. The number of nitrogens with zero attached hydrogens (tertiary/aromatic N) is 2. The molecule has 0 radical (unpaired) electrons. The summed E-state index contributed by atoms with van der Waals surface area (Å²) in [4.78, 5) is 17.9. The molecule has 4 heteroatoms. The Morgan fingerprint density at radius 1 is 1.53 bits per heavy atom. The quantitative estimate of drug-likeness (QED) is 0.848. The summed E-state index contributed by atoms with van der Waals surface area (Å²) in [6.07, 6.45) is 5.97. The van der Waals surface area contributed by atoms with Crippen molar-refractivity contribution >= 4 is 0 Å². The Bertz CT molecular complexity index is 638. The zero-order valence-corrected chi connectivity index (χ0v) is 9.40. The average molecular weight is 225 g/mol. The van der Waals surface area contributed by atoms with Crippen LogP contribution < -0.4 is 5.56 Å². The smallest absolute Gasteiger partial charge is 0.265 e. The number of rotatable bonds is 2. The van der Waals surface area contributed by atoms with E-state index in [4.69, 9.17) is 5.26 Å². The fourth-order valence-electron chi connectivity index (χ4n) is 1.71. The Balaban J connectivity index is 2.62. The van der Waals surface area contributed by atoms with E-state index < -0.39 is 0 Å². The zero-order valence-electron chi connectivity index (χ0n) is 9.40. The van der Waals surface area contributed by atoms with E-state index in [9.17, 15) is 4.79 Å². The van der Waals surface area contributed by atoms with Crippen LogP contribution in [0.1, 0.15) is 18.1 Å². The first-order valence-corrected chi connectivity index (χ1v) is 5.32. The molecule has 0 bridgehead atoms. The van der Waals surface area contributed by atoms with Crippen molar-refractivity contribution in [1.82, 2.24) is 9.97 Å². The van der Waals surface area contributed by atoms with Crippen LogP contribution in [0.15, 0.2) is 35.5 Å². The number of nitrogens with one attached hydrogen (secondary N) is 1. The van der Waals surface area contributed by atoms with Gasteiger partial charge in [-0.2, -0.15) is 5.26 Å². The van der Waals surface area contributed by atoms with Crippen LogP contribution in [0.5, 0.6) is 0 Å². The molecule has 1 N–H and O–H groups in total. The predicted octanol–water partition coefficient (Wildman–Crippen LogP) is 1.87. The number of hydrogen-bond acceptors (Lipinski definition) is 3. The van der Waals surface area contributed by atoms with Crippen molar-refractivity contribution in [1.29, 1.82) is 5.26 Å². The van der Waals surface area contributed by atoms with Gasteiger partial charge in [0, 0.05) is 18.6 Å². The lowest BCUT2D eigenvalue weighted by atomic mass is 10.0. The number of pyridine rings is 2. The van der Waals surface area contributed by atoms with Gasteiger partial charge in [-0.15, -0.1) is 0 Å². The van der Waals surface area contributed by atoms with Gasteiger partial charge in [0.1, 0.15) is 11.6 Å². The molecule has 17 heavy (non-hydrogen) atoms. The highest BCUT2D eigenvalue weighted by molar-refractivity contribution is 5.67. The van der Waals surface area contributed by atoms with Gasteiger partial charge in [0.2, 0.25) is 0 Å². The molecule has 0 fully saturated rings. The molecule has 0 aromatic carbocycles. The average Bonchev–Trinajstić information content (AvgIpc) is 2.39. The minimum atomic E-state index is -0.358. The molecule has 0 unspecified atom stereocenters. The van der Waals surface area contributed by atoms with E-state index in [1.165, 1.54) is 0 Å². The summed E-state index contributed by atoms with van der Waals surface area (Å²) in [7, 11) is 0.